The highest BCUT2D eigenvalue weighted by molar-refractivity contribution is 5.85. The zero-order valence-electron chi connectivity index (χ0n) is 11.7. The molecule has 2 nitrogen and oxygen atoms in total. The van der Waals surface area contributed by atoms with E-state index in [4.69, 9.17) is 4.98 Å². The fraction of sp³-hybridized carbons (Fsp3) is 0.211. The van der Waals surface area contributed by atoms with E-state index in [2.05, 4.69) is 24.3 Å². The normalized spacial score (nSPS) is 16.0. The number of aliphatic hydroxyl groups is 1. The lowest BCUT2D eigenvalue weighted by Crippen LogP contribution is -2.02. The molecule has 1 unspecified atom stereocenters. The van der Waals surface area contributed by atoms with Crippen molar-refractivity contribution in [1.29, 1.82) is 0 Å². The van der Waals surface area contributed by atoms with Crippen LogP contribution in [0.5, 0.6) is 0 Å². The summed E-state index contributed by atoms with van der Waals surface area (Å²) in [7, 11) is 0. The summed E-state index contributed by atoms with van der Waals surface area (Å²) in [6.07, 6.45) is 1.87. The molecule has 1 saturated carbocycles. The summed E-state index contributed by atoms with van der Waals surface area (Å²) in [6.45, 7) is 0. The van der Waals surface area contributed by atoms with E-state index in [1.165, 1.54) is 0 Å². The van der Waals surface area contributed by atoms with Crippen molar-refractivity contribution in [1.82, 2.24) is 4.98 Å². The minimum absolute atomic E-state index is 0.375. The molecular weight excluding hydrogens is 258 g/mol. The summed E-state index contributed by atoms with van der Waals surface area (Å²) >= 11 is 0. The van der Waals surface area contributed by atoms with E-state index in [0.717, 1.165) is 40.6 Å². The Hall–Kier alpha value is -2.19. The topological polar surface area (TPSA) is 33.1 Å². The van der Waals surface area contributed by atoms with Crippen LogP contribution in [0.15, 0.2) is 60.7 Å². The van der Waals surface area contributed by atoms with Gasteiger partial charge in [0.05, 0.1) is 17.3 Å². The monoisotopic (exact) mass is 275 g/mol. The number of aromatic nitrogens is 1. The molecule has 1 aliphatic carbocycles. The Morgan fingerprint density at radius 3 is 2.43 bits per heavy atom. The van der Waals surface area contributed by atoms with Crippen LogP contribution in [0.1, 0.15) is 24.5 Å². The van der Waals surface area contributed by atoms with Crippen LogP contribution >= 0.6 is 0 Å². The van der Waals surface area contributed by atoms with Gasteiger partial charge in [0.2, 0.25) is 0 Å². The highest BCUT2D eigenvalue weighted by Crippen LogP contribution is 2.43. The molecule has 104 valence electrons. The van der Waals surface area contributed by atoms with Gasteiger partial charge in [-0.1, -0.05) is 48.5 Å². The second kappa shape index (κ2) is 4.97. The fourth-order valence-electron chi connectivity index (χ4n) is 2.87. The maximum Gasteiger partial charge on any atom is 0.0825 e. The molecule has 1 fully saturated rings. The number of rotatable bonds is 3. The van der Waals surface area contributed by atoms with Crippen molar-refractivity contribution in [3.63, 3.8) is 0 Å². The molecule has 3 aromatic rings. The van der Waals surface area contributed by atoms with Gasteiger partial charge in [0, 0.05) is 10.9 Å². The van der Waals surface area contributed by atoms with Gasteiger partial charge in [0.1, 0.15) is 0 Å². The highest BCUT2D eigenvalue weighted by atomic mass is 16.3. The van der Waals surface area contributed by atoms with E-state index >= 15 is 0 Å². The summed E-state index contributed by atoms with van der Waals surface area (Å²) in [5, 5.41) is 11.7. The third kappa shape index (κ3) is 2.32. The molecule has 1 aliphatic rings. The van der Waals surface area contributed by atoms with Gasteiger partial charge in [0.15, 0.2) is 0 Å². The summed E-state index contributed by atoms with van der Waals surface area (Å²) in [5.41, 5.74) is 3.99. The molecule has 2 aromatic carbocycles. The molecule has 2 heteroatoms. The van der Waals surface area contributed by atoms with Crippen molar-refractivity contribution in [2.24, 2.45) is 5.92 Å². The molecule has 1 heterocycles. The van der Waals surface area contributed by atoms with Gasteiger partial charge in [-0.25, -0.2) is 4.98 Å². The van der Waals surface area contributed by atoms with Gasteiger partial charge in [-0.3, -0.25) is 0 Å². The second-order valence-corrected chi connectivity index (χ2v) is 5.76. The minimum Gasteiger partial charge on any atom is -0.388 e. The Kier molecular flexibility index (Phi) is 2.97. The molecule has 0 bridgehead atoms. The number of hydrogen-bond donors (Lipinski definition) is 1. The predicted molar refractivity (Wildman–Crippen MR) is 84.9 cm³/mol. The van der Waals surface area contributed by atoms with E-state index in [0.29, 0.717) is 5.92 Å². The molecule has 0 radical (unpaired) electrons. The zero-order chi connectivity index (χ0) is 14.2. The van der Waals surface area contributed by atoms with Gasteiger partial charge in [-0.2, -0.15) is 0 Å². The first-order valence-electron chi connectivity index (χ1n) is 7.46. The number of para-hydroxylation sites is 1. The number of benzene rings is 2. The van der Waals surface area contributed by atoms with Gasteiger partial charge in [-0.15, -0.1) is 0 Å². The van der Waals surface area contributed by atoms with E-state index in [-0.39, 0.29) is 6.10 Å². The highest BCUT2D eigenvalue weighted by Gasteiger charge is 2.32. The van der Waals surface area contributed by atoms with Gasteiger partial charge in [0.25, 0.3) is 0 Å². The van der Waals surface area contributed by atoms with Crippen LogP contribution in [0.4, 0.5) is 0 Å². The smallest absolute Gasteiger partial charge is 0.0825 e. The molecular formula is C19H17NO. The molecule has 4 rings (SSSR count). The average Bonchev–Trinajstić information content (AvgIpc) is 3.39. The van der Waals surface area contributed by atoms with Gasteiger partial charge < -0.3 is 5.11 Å². The predicted octanol–water partition coefficient (Wildman–Crippen LogP) is 4.35. The Morgan fingerprint density at radius 1 is 0.952 bits per heavy atom. The molecule has 1 atom stereocenters. The Morgan fingerprint density at radius 2 is 1.67 bits per heavy atom. The number of aliphatic hydroxyl groups excluding tert-OH is 1. The molecule has 1 aromatic heterocycles. The van der Waals surface area contributed by atoms with Crippen LogP contribution in [0.3, 0.4) is 0 Å². The molecule has 1 N–H and O–H groups in total. The van der Waals surface area contributed by atoms with E-state index in [1.54, 1.807) is 0 Å². The fourth-order valence-corrected chi connectivity index (χ4v) is 2.87. The van der Waals surface area contributed by atoms with Crippen LogP contribution in [-0.2, 0) is 0 Å². The average molecular weight is 275 g/mol. The summed E-state index contributed by atoms with van der Waals surface area (Å²) in [4.78, 5) is 4.76. The van der Waals surface area contributed by atoms with E-state index in [9.17, 15) is 5.11 Å². The quantitative estimate of drug-likeness (QED) is 0.771. The maximum atomic E-state index is 10.6. The number of pyridine rings is 1. The number of hydrogen-bond acceptors (Lipinski definition) is 2. The van der Waals surface area contributed by atoms with Crippen molar-refractivity contribution in [3.8, 4) is 11.3 Å². The summed E-state index contributed by atoms with van der Waals surface area (Å²) < 4.78 is 0. The van der Waals surface area contributed by atoms with Crippen LogP contribution in [-0.4, -0.2) is 10.1 Å². The lowest BCUT2D eigenvalue weighted by molar-refractivity contribution is 0.155. The first-order chi connectivity index (χ1) is 10.3. The largest absolute Gasteiger partial charge is 0.388 e. The minimum atomic E-state index is -0.375. The Bertz CT molecular complexity index is 778. The third-order valence-electron chi connectivity index (χ3n) is 4.20. The number of nitrogens with zero attached hydrogens (tertiary/aromatic N) is 1. The molecule has 0 spiro atoms. The molecule has 0 amide bonds. The van der Waals surface area contributed by atoms with E-state index < -0.39 is 0 Å². The van der Waals surface area contributed by atoms with Crippen molar-refractivity contribution in [2.75, 3.05) is 0 Å². The van der Waals surface area contributed by atoms with Crippen molar-refractivity contribution >= 4 is 10.9 Å². The second-order valence-electron chi connectivity index (χ2n) is 5.76. The van der Waals surface area contributed by atoms with Crippen LogP contribution < -0.4 is 0 Å². The lowest BCUT2D eigenvalue weighted by atomic mass is 9.98. The van der Waals surface area contributed by atoms with Crippen LogP contribution in [0, 0.1) is 5.92 Å². The Labute approximate surface area is 124 Å². The first-order valence-corrected chi connectivity index (χ1v) is 7.46. The van der Waals surface area contributed by atoms with Crippen molar-refractivity contribution in [3.05, 3.63) is 66.2 Å². The maximum absolute atomic E-state index is 10.6. The SMILES string of the molecule is OC(c1cc(-c2ccccc2)nc2ccccc12)C1CC1. The van der Waals surface area contributed by atoms with Crippen molar-refractivity contribution < 1.29 is 5.11 Å². The van der Waals surface area contributed by atoms with Crippen LogP contribution in [0.2, 0.25) is 0 Å². The van der Waals surface area contributed by atoms with Gasteiger partial charge >= 0.3 is 0 Å². The summed E-state index contributed by atoms with van der Waals surface area (Å²) in [6, 6.07) is 20.3. The Balaban J connectivity index is 1.93. The van der Waals surface area contributed by atoms with Crippen molar-refractivity contribution in [2.45, 2.75) is 18.9 Å². The third-order valence-corrected chi connectivity index (χ3v) is 4.20. The van der Waals surface area contributed by atoms with E-state index in [1.807, 2.05) is 36.4 Å². The standard InChI is InChI=1S/C19H17NO/c21-19(14-10-11-14)16-12-18(13-6-2-1-3-7-13)20-17-9-5-4-8-15(16)17/h1-9,12,14,19,21H,10-11H2. The zero-order valence-corrected chi connectivity index (χ0v) is 11.7. The molecule has 21 heavy (non-hydrogen) atoms. The van der Waals surface area contributed by atoms with Gasteiger partial charge in [-0.05, 0) is 36.5 Å². The first kappa shape index (κ1) is 12.5. The molecule has 0 aliphatic heterocycles. The number of fused-ring (bicyclic) bond motifs is 1. The van der Waals surface area contributed by atoms with Crippen LogP contribution in [0.25, 0.3) is 22.2 Å². The summed E-state index contributed by atoms with van der Waals surface area (Å²) in [5.74, 6) is 0.416. The lowest BCUT2D eigenvalue weighted by Gasteiger charge is -2.14. The molecule has 0 saturated heterocycles.